The molecule has 1 N–H and O–H groups in total. The molecule has 0 radical (unpaired) electrons. The van der Waals surface area contributed by atoms with Crippen LogP contribution in [0.15, 0.2) is 42.6 Å². The van der Waals surface area contributed by atoms with E-state index in [4.69, 9.17) is 21.1 Å². The summed E-state index contributed by atoms with van der Waals surface area (Å²) in [5.74, 6) is 0.512. The Morgan fingerprint density at radius 3 is 2.50 bits per heavy atom. The van der Waals surface area contributed by atoms with E-state index in [2.05, 4.69) is 5.32 Å². The van der Waals surface area contributed by atoms with Crippen LogP contribution >= 0.6 is 11.6 Å². The third-order valence-electron chi connectivity index (χ3n) is 4.01. The van der Waals surface area contributed by atoms with Gasteiger partial charge in [0.05, 0.1) is 31.0 Å². The molecule has 134 valence electrons. The Labute approximate surface area is 155 Å². The Morgan fingerprint density at radius 1 is 1.08 bits per heavy atom. The van der Waals surface area contributed by atoms with Crippen molar-refractivity contribution < 1.29 is 19.1 Å². The highest BCUT2D eigenvalue weighted by Crippen LogP contribution is 2.31. The van der Waals surface area contributed by atoms with Crippen molar-refractivity contribution in [3.05, 3.63) is 53.2 Å². The van der Waals surface area contributed by atoms with Crippen LogP contribution in [-0.4, -0.2) is 30.6 Å². The topological polar surface area (TPSA) is 69.6 Å². The minimum absolute atomic E-state index is 0.210. The Bertz CT molecular complexity index is 1010. The summed E-state index contributed by atoms with van der Waals surface area (Å²) in [4.78, 5) is 24.7. The summed E-state index contributed by atoms with van der Waals surface area (Å²) in [7, 11) is 3.06. The van der Waals surface area contributed by atoms with Crippen molar-refractivity contribution >= 4 is 40.0 Å². The zero-order valence-corrected chi connectivity index (χ0v) is 15.3. The molecule has 0 aliphatic heterocycles. The monoisotopic (exact) mass is 372 g/mol. The Balaban J connectivity index is 2.02. The number of rotatable bonds is 4. The predicted octanol–water partition coefficient (Wildman–Crippen LogP) is 4.22. The molecule has 0 bridgehead atoms. The highest BCUT2D eigenvalue weighted by atomic mass is 35.5. The number of amides is 1. The Kier molecular flexibility index (Phi) is 4.86. The fourth-order valence-electron chi connectivity index (χ4n) is 2.73. The van der Waals surface area contributed by atoms with E-state index < -0.39 is 0 Å². The fourth-order valence-corrected chi connectivity index (χ4v) is 2.90. The van der Waals surface area contributed by atoms with Gasteiger partial charge in [-0.1, -0.05) is 17.7 Å². The van der Waals surface area contributed by atoms with Crippen molar-refractivity contribution in [3.8, 4) is 11.5 Å². The molecule has 26 heavy (non-hydrogen) atoms. The first-order valence-electron chi connectivity index (χ1n) is 7.79. The second kappa shape index (κ2) is 7.09. The number of hydrogen-bond donors (Lipinski definition) is 1. The van der Waals surface area contributed by atoms with Crippen molar-refractivity contribution in [2.45, 2.75) is 6.92 Å². The van der Waals surface area contributed by atoms with E-state index in [1.54, 1.807) is 43.5 Å². The third-order valence-corrected chi connectivity index (χ3v) is 4.24. The highest BCUT2D eigenvalue weighted by molar-refractivity contribution is 6.31. The largest absolute Gasteiger partial charge is 0.497 e. The minimum Gasteiger partial charge on any atom is -0.497 e. The summed E-state index contributed by atoms with van der Waals surface area (Å²) >= 11 is 6.03. The molecule has 0 unspecified atom stereocenters. The molecule has 0 saturated carbocycles. The highest BCUT2D eigenvalue weighted by Gasteiger charge is 2.18. The van der Waals surface area contributed by atoms with Crippen LogP contribution in [0.4, 0.5) is 5.69 Å². The van der Waals surface area contributed by atoms with Crippen molar-refractivity contribution in [1.29, 1.82) is 0 Å². The van der Waals surface area contributed by atoms with Crippen LogP contribution in [0.3, 0.4) is 0 Å². The number of aromatic nitrogens is 1. The van der Waals surface area contributed by atoms with Crippen molar-refractivity contribution in [2.75, 3.05) is 19.5 Å². The number of nitrogens with one attached hydrogen (secondary N) is 1. The summed E-state index contributed by atoms with van der Waals surface area (Å²) in [6, 6.07) is 10.1. The first-order chi connectivity index (χ1) is 12.4. The van der Waals surface area contributed by atoms with Crippen LogP contribution in [0.1, 0.15) is 22.1 Å². The van der Waals surface area contributed by atoms with Gasteiger partial charge in [-0.15, -0.1) is 0 Å². The lowest BCUT2D eigenvalue weighted by molar-refractivity contribution is 0.0941. The minimum atomic E-state index is -0.360. The molecule has 7 heteroatoms. The van der Waals surface area contributed by atoms with E-state index in [9.17, 15) is 9.59 Å². The van der Waals surface area contributed by atoms with Crippen LogP contribution in [0.5, 0.6) is 11.5 Å². The predicted molar refractivity (Wildman–Crippen MR) is 101 cm³/mol. The molecular formula is C19H17ClN2O4. The van der Waals surface area contributed by atoms with Gasteiger partial charge >= 0.3 is 0 Å². The fraction of sp³-hybridized carbons (Fsp3) is 0.158. The van der Waals surface area contributed by atoms with E-state index in [1.165, 1.54) is 24.8 Å². The lowest BCUT2D eigenvalue weighted by atomic mass is 10.1. The number of carbonyl (C=O) groups is 2. The molecule has 1 heterocycles. The van der Waals surface area contributed by atoms with E-state index >= 15 is 0 Å². The van der Waals surface area contributed by atoms with Gasteiger partial charge in [-0.3, -0.25) is 14.2 Å². The van der Waals surface area contributed by atoms with E-state index in [-0.39, 0.29) is 11.8 Å². The van der Waals surface area contributed by atoms with E-state index in [0.29, 0.717) is 38.7 Å². The molecule has 3 rings (SSSR count). The summed E-state index contributed by atoms with van der Waals surface area (Å²) in [6.07, 6.45) is 1.51. The first-order valence-corrected chi connectivity index (χ1v) is 8.17. The average molecular weight is 373 g/mol. The number of hydrogen-bond acceptors (Lipinski definition) is 4. The van der Waals surface area contributed by atoms with Gasteiger partial charge < -0.3 is 14.8 Å². The molecule has 0 aliphatic carbocycles. The van der Waals surface area contributed by atoms with Crippen molar-refractivity contribution in [1.82, 2.24) is 4.57 Å². The summed E-state index contributed by atoms with van der Waals surface area (Å²) in [5.41, 5.74) is 1.44. The zero-order valence-electron chi connectivity index (χ0n) is 14.5. The van der Waals surface area contributed by atoms with Gasteiger partial charge in [-0.25, -0.2) is 0 Å². The molecular weight excluding hydrogens is 356 g/mol. The number of fused-ring (bicyclic) bond motifs is 1. The summed E-state index contributed by atoms with van der Waals surface area (Å²) in [5, 5.41) is 3.93. The first kappa shape index (κ1) is 17.8. The lowest BCUT2D eigenvalue weighted by Crippen LogP contribution is -2.12. The maximum absolute atomic E-state index is 12.8. The second-order valence-electron chi connectivity index (χ2n) is 5.61. The molecule has 1 aromatic heterocycles. The number of ether oxygens (including phenoxy) is 2. The maximum Gasteiger partial charge on any atom is 0.257 e. The van der Waals surface area contributed by atoms with Gasteiger partial charge in [0, 0.05) is 29.6 Å². The lowest BCUT2D eigenvalue weighted by Gasteiger charge is -2.11. The van der Waals surface area contributed by atoms with Gasteiger partial charge in [0.2, 0.25) is 5.91 Å². The molecule has 2 aromatic carbocycles. The van der Waals surface area contributed by atoms with Gasteiger partial charge in [-0.2, -0.15) is 0 Å². The number of nitrogens with zero attached hydrogens (tertiary/aromatic N) is 1. The number of halogens is 1. The molecule has 6 nitrogen and oxygen atoms in total. The number of benzene rings is 2. The smallest absolute Gasteiger partial charge is 0.257 e. The SMILES string of the molecule is COc1ccc(NC(=O)c2cn(C(C)=O)c3cc(Cl)ccc23)c(OC)c1. The quantitative estimate of drug-likeness (QED) is 0.744. The maximum atomic E-state index is 12.8. The van der Waals surface area contributed by atoms with Crippen LogP contribution in [0, 0.1) is 0 Å². The van der Waals surface area contributed by atoms with Crippen LogP contribution in [0.2, 0.25) is 5.02 Å². The van der Waals surface area contributed by atoms with E-state index in [1.807, 2.05) is 0 Å². The van der Waals surface area contributed by atoms with Crippen molar-refractivity contribution in [2.24, 2.45) is 0 Å². The molecule has 0 saturated heterocycles. The van der Waals surface area contributed by atoms with Gasteiger partial charge in [0.1, 0.15) is 11.5 Å². The Hall–Kier alpha value is -2.99. The standard InChI is InChI=1S/C19H17ClN2O4/c1-11(23)22-10-15(14-6-4-12(20)8-17(14)22)19(24)21-16-7-5-13(25-2)9-18(16)26-3/h4-10H,1-3H3,(H,21,24). The number of anilines is 1. The molecule has 3 aromatic rings. The van der Waals surface area contributed by atoms with Crippen molar-refractivity contribution in [3.63, 3.8) is 0 Å². The molecule has 0 atom stereocenters. The Morgan fingerprint density at radius 2 is 1.85 bits per heavy atom. The molecule has 0 spiro atoms. The number of carbonyl (C=O) groups excluding carboxylic acids is 2. The third kappa shape index (κ3) is 3.23. The summed E-state index contributed by atoms with van der Waals surface area (Å²) < 4.78 is 11.9. The van der Waals surface area contributed by atoms with Crippen LogP contribution < -0.4 is 14.8 Å². The second-order valence-corrected chi connectivity index (χ2v) is 6.05. The normalized spacial score (nSPS) is 10.6. The van der Waals surface area contributed by atoms with Crippen LogP contribution in [0.25, 0.3) is 10.9 Å². The summed E-state index contributed by atoms with van der Waals surface area (Å²) in [6.45, 7) is 1.43. The van der Waals surface area contributed by atoms with Gasteiger partial charge in [-0.05, 0) is 24.3 Å². The molecule has 0 aliphatic rings. The molecule has 0 fully saturated rings. The molecule has 1 amide bonds. The average Bonchev–Trinajstić information content (AvgIpc) is 3.01. The van der Waals surface area contributed by atoms with E-state index in [0.717, 1.165) is 0 Å². The van der Waals surface area contributed by atoms with Gasteiger partial charge in [0.15, 0.2) is 0 Å². The zero-order chi connectivity index (χ0) is 18.8. The van der Waals surface area contributed by atoms with Crippen LogP contribution in [-0.2, 0) is 0 Å². The van der Waals surface area contributed by atoms with Gasteiger partial charge in [0.25, 0.3) is 5.91 Å². The number of methoxy groups -OCH3 is 2.